The molecule has 5 nitrogen and oxygen atoms in total. The van der Waals surface area contributed by atoms with Gasteiger partial charge in [0.1, 0.15) is 0 Å². The molecule has 110 valence electrons. The Bertz CT molecular complexity index is 624. The summed E-state index contributed by atoms with van der Waals surface area (Å²) in [4.78, 5) is 12.4. The summed E-state index contributed by atoms with van der Waals surface area (Å²) in [6.07, 6.45) is 0. The molecule has 0 aromatic heterocycles. The number of nitrogens with two attached hydrogens (primary N) is 1. The maximum Gasteiger partial charge on any atom is 0.266 e. The second-order valence-electron chi connectivity index (χ2n) is 4.63. The lowest BCUT2D eigenvalue weighted by molar-refractivity contribution is -0.119. The van der Waals surface area contributed by atoms with Crippen molar-refractivity contribution in [2.45, 2.75) is 12.3 Å². The standard InChI is InChI=1S/C13H16ClNO4S/c1-9(2)12(16)13(7-15,8-20(17,18)19)10-3-5-11(14)6-4-10/h3-6H,1,7-8,15H2,2H3,(H,17,18,19). The summed E-state index contributed by atoms with van der Waals surface area (Å²) in [6.45, 7) is 4.72. The van der Waals surface area contributed by atoms with E-state index in [4.69, 9.17) is 21.9 Å². The van der Waals surface area contributed by atoms with E-state index in [1.807, 2.05) is 0 Å². The summed E-state index contributed by atoms with van der Waals surface area (Å²) in [5.41, 5.74) is 4.62. The van der Waals surface area contributed by atoms with E-state index in [-0.39, 0.29) is 12.1 Å². The van der Waals surface area contributed by atoms with Gasteiger partial charge in [-0.15, -0.1) is 0 Å². The van der Waals surface area contributed by atoms with Gasteiger partial charge in [-0.25, -0.2) is 0 Å². The van der Waals surface area contributed by atoms with Gasteiger partial charge in [0, 0.05) is 11.6 Å². The molecule has 1 rings (SSSR count). The Morgan fingerprint density at radius 2 is 1.90 bits per heavy atom. The number of halogens is 1. The van der Waals surface area contributed by atoms with Crippen LogP contribution < -0.4 is 5.73 Å². The number of carbonyl (C=O) groups is 1. The lowest BCUT2D eigenvalue weighted by Crippen LogP contribution is -2.48. The van der Waals surface area contributed by atoms with Crippen molar-refractivity contribution in [1.29, 1.82) is 0 Å². The van der Waals surface area contributed by atoms with Crippen LogP contribution in [0.1, 0.15) is 12.5 Å². The molecule has 1 aromatic carbocycles. The maximum atomic E-state index is 12.4. The first-order chi connectivity index (χ1) is 9.12. The monoisotopic (exact) mass is 317 g/mol. The van der Waals surface area contributed by atoms with E-state index in [1.165, 1.54) is 31.2 Å². The first-order valence-corrected chi connectivity index (χ1v) is 7.73. The maximum absolute atomic E-state index is 12.4. The van der Waals surface area contributed by atoms with Crippen LogP contribution in [0, 0.1) is 0 Å². The number of allylic oxidation sites excluding steroid dienone is 1. The summed E-state index contributed by atoms with van der Waals surface area (Å²) < 4.78 is 31.7. The number of Topliss-reactive ketones (excluding diaryl/α,β-unsaturated/α-hetero) is 1. The molecule has 0 spiro atoms. The summed E-state index contributed by atoms with van der Waals surface area (Å²) in [6, 6.07) is 6.08. The van der Waals surface area contributed by atoms with E-state index in [0.717, 1.165) is 0 Å². The van der Waals surface area contributed by atoms with Crippen molar-refractivity contribution < 1.29 is 17.8 Å². The van der Waals surface area contributed by atoms with Crippen LogP contribution in [0.15, 0.2) is 36.4 Å². The van der Waals surface area contributed by atoms with Gasteiger partial charge in [-0.1, -0.05) is 30.3 Å². The van der Waals surface area contributed by atoms with Crippen LogP contribution in [0.4, 0.5) is 0 Å². The Morgan fingerprint density at radius 3 is 2.25 bits per heavy atom. The predicted molar refractivity (Wildman–Crippen MR) is 78.4 cm³/mol. The van der Waals surface area contributed by atoms with Gasteiger partial charge < -0.3 is 5.73 Å². The molecule has 1 atom stereocenters. The molecule has 1 unspecified atom stereocenters. The molecule has 7 heteroatoms. The smallest absolute Gasteiger partial charge is 0.266 e. The van der Waals surface area contributed by atoms with Gasteiger partial charge in [0.2, 0.25) is 0 Å². The molecule has 0 saturated carbocycles. The third-order valence-corrected chi connectivity index (χ3v) is 4.11. The highest BCUT2D eigenvalue weighted by Crippen LogP contribution is 2.29. The highest BCUT2D eigenvalue weighted by molar-refractivity contribution is 7.85. The van der Waals surface area contributed by atoms with Crippen LogP contribution in [0.2, 0.25) is 5.02 Å². The van der Waals surface area contributed by atoms with Crippen molar-refractivity contribution in [2.24, 2.45) is 5.73 Å². The lowest BCUT2D eigenvalue weighted by atomic mass is 9.76. The van der Waals surface area contributed by atoms with E-state index in [1.54, 1.807) is 0 Å². The predicted octanol–water partition coefficient (Wildman–Crippen LogP) is 1.57. The number of hydrogen-bond donors (Lipinski definition) is 2. The third kappa shape index (κ3) is 3.67. The minimum absolute atomic E-state index is 0.161. The van der Waals surface area contributed by atoms with Crippen LogP contribution >= 0.6 is 11.6 Å². The van der Waals surface area contributed by atoms with Gasteiger partial charge in [-0.3, -0.25) is 9.35 Å². The topological polar surface area (TPSA) is 97.5 Å². The molecule has 0 bridgehead atoms. The second-order valence-corrected chi connectivity index (χ2v) is 6.52. The number of benzene rings is 1. The Morgan fingerprint density at radius 1 is 1.40 bits per heavy atom. The van der Waals surface area contributed by atoms with Crippen LogP contribution in [-0.2, 0) is 20.3 Å². The molecule has 0 heterocycles. The van der Waals surface area contributed by atoms with Crippen molar-refractivity contribution in [3.05, 3.63) is 47.0 Å². The molecule has 3 N–H and O–H groups in total. The third-order valence-electron chi connectivity index (χ3n) is 3.00. The quantitative estimate of drug-likeness (QED) is 0.613. The fourth-order valence-corrected chi connectivity index (χ4v) is 3.20. The van der Waals surface area contributed by atoms with Gasteiger partial charge in [-0.05, 0) is 30.2 Å². The molecule has 0 aliphatic heterocycles. The van der Waals surface area contributed by atoms with Gasteiger partial charge in [0.05, 0.1) is 11.2 Å². The fraction of sp³-hybridized carbons (Fsp3) is 0.308. The largest absolute Gasteiger partial charge is 0.329 e. The highest BCUT2D eigenvalue weighted by atomic mass is 35.5. The first kappa shape index (κ1) is 16.8. The van der Waals surface area contributed by atoms with Crippen molar-refractivity contribution in [3.8, 4) is 0 Å². The lowest BCUT2D eigenvalue weighted by Gasteiger charge is -2.30. The van der Waals surface area contributed by atoms with Crippen molar-refractivity contribution in [1.82, 2.24) is 0 Å². The van der Waals surface area contributed by atoms with E-state index in [2.05, 4.69) is 6.58 Å². The molecule has 0 radical (unpaired) electrons. The Kier molecular flexibility index (Phi) is 5.10. The van der Waals surface area contributed by atoms with Crippen molar-refractivity contribution >= 4 is 27.5 Å². The second kappa shape index (κ2) is 6.05. The van der Waals surface area contributed by atoms with Gasteiger partial charge in [0.25, 0.3) is 10.1 Å². The van der Waals surface area contributed by atoms with Gasteiger partial charge in [-0.2, -0.15) is 8.42 Å². The SMILES string of the molecule is C=C(C)C(=O)C(CN)(CS(=O)(=O)O)c1ccc(Cl)cc1. The molecule has 0 amide bonds. The van der Waals surface area contributed by atoms with Crippen LogP contribution in [0.3, 0.4) is 0 Å². The Hall–Kier alpha value is -1.21. The van der Waals surface area contributed by atoms with Gasteiger partial charge >= 0.3 is 0 Å². The summed E-state index contributed by atoms with van der Waals surface area (Å²) in [5.74, 6) is -1.33. The molecule has 20 heavy (non-hydrogen) atoms. The van der Waals surface area contributed by atoms with Crippen LogP contribution in [0.25, 0.3) is 0 Å². The molecular weight excluding hydrogens is 302 g/mol. The van der Waals surface area contributed by atoms with Crippen LogP contribution in [0.5, 0.6) is 0 Å². The Labute approximate surface area is 123 Å². The van der Waals surface area contributed by atoms with Crippen molar-refractivity contribution in [2.75, 3.05) is 12.3 Å². The first-order valence-electron chi connectivity index (χ1n) is 5.74. The minimum Gasteiger partial charge on any atom is -0.329 e. The number of hydrogen-bond acceptors (Lipinski definition) is 4. The normalized spacial score (nSPS) is 14.6. The van der Waals surface area contributed by atoms with E-state index < -0.39 is 27.1 Å². The molecule has 0 fully saturated rings. The van der Waals surface area contributed by atoms with Gasteiger partial charge in [0.15, 0.2) is 5.78 Å². The molecule has 0 aliphatic carbocycles. The fourth-order valence-electron chi connectivity index (χ4n) is 2.04. The average Bonchev–Trinajstić information content (AvgIpc) is 2.35. The van der Waals surface area contributed by atoms with E-state index in [9.17, 15) is 13.2 Å². The average molecular weight is 318 g/mol. The molecular formula is C13H16ClNO4S. The van der Waals surface area contributed by atoms with Crippen LogP contribution in [-0.4, -0.2) is 31.1 Å². The molecule has 0 saturated heterocycles. The summed E-state index contributed by atoms with van der Waals surface area (Å²) >= 11 is 5.78. The van der Waals surface area contributed by atoms with E-state index in [0.29, 0.717) is 10.6 Å². The van der Waals surface area contributed by atoms with Crippen molar-refractivity contribution in [3.63, 3.8) is 0 Å². The number of rotatable bonds is 6. The number of carbonyl (C=O) groups excluding carboxylic acids is 1. The summed E-state index contributed by atoms with van der Waals surface area (Å²) in [7, 11) is -4.41. The number of ketones is 1. The zero-order chi connectivity index (χ0) is 15.6. The summed E-state index contributed by atoms with van der Waals surface area (Å²) in [5, 5.41) is 0.439. The van der Waals surface area contributed by atoms with E-state index >= 15 is 0 Å². The molecule has 0 aliphatic rings. The zero-order valence-electron chi connectivity index (χ0n) is 11.0. The highest BCUT2D eigenvalue weighted by Gasteiger charge is 2.42. The molecule has 1 aromatic rings. The zero-order valence-corrected chi connectivity index (χ0v) is 12.5. The minimum atomic E-state index is -4.41. The Balaban J connectivity index is 3.49.